The van der Waals surface area contributed by atoms with E-state index < -0.39 is 11.7 Å². The van der Waals surface area contributed by atoms with Crippen LogP contribution in [0.2, 0.25) is 0 Å². The molecule has 2 aromatic rings. The van der Waals surface area contributed by atoms with Crippen LogP contribution in [0.4, 0.5) is 19.0 Å². The van der Waals surface area contributed by atoms with Gasteiger partial charge in [-0.05, 0) is 24.5 Å². The molecule has 0 aliphatic carbocycles. The van der Waals surface area contributed by atoms with Gasteiger partial charge in [-0.3, -0.25) is 9.48 Å². The molecular weight excluding hydrogens is 321 g/mol. The monoisotopic (exact) mass is 338 g/mol. The van der Waals surface area contributed by atoms with E-state index in [1.165, 1.54) is 6.07 Å². The normalized spacial score (nSPS) is 17.8. The Kier molecular flexibility index (Phi) is 4.46. The number of hydrogen-bond acceptors (Lipinski definition) is 3. The number of hydrogen-bond donors (Lipinski definition) is 2. The molecule has 3 rings (SSSR count). The van der Waals surface area contributed by atoms with E-state index in [2.05, 4.69) is 15.7 Å². The minimum Gasteiger partial charge on any atom is -0.368 e. The predicted molar refractivity (Wildman–Crippen MR) is 82.5 cm³/mol. The summed E-state index contributed by atoms with van der Waals surface area (Å²) >= 11 is 0. The molecule has 1 atom stereocenters. The molecule has 0 radical (unpaired) electrons. The number of alkyl halides is 3. The molecule has 0 saturated carbocycles. The van der Waals surface area contributed by atoms with Gasteiger partial charge in [-0.25, -0.2) is 0 Å². The van der Waals surface area contributed by atoms with Crippen LogP contribution in [0.25, 0.3) is 0 Å². The van der Waals surface area contributed by atoms with Crippen molar-refractivity contribution in [3.8, 4) is 0 Å². The number of carbonyl (C=O) groups excluding carboxylic acids is 1. The van der Waals surface area contributed by atoms with Gasteiger partial charge in [0.2, 0.25) is 5.91 Å². The fraction of sp³-hybridized carbons (Fsp3) is 0.375. The molecule has 1 aromatic carbocycles. The number of aromatic nitrogens is 2. The molecule has 1 saturated heterocycles. The Morgan fingerprint density at radius 2 is 2.17 bits per heavy atom. The van der Waals surface area contributed by atoms with Crippen LogP contribution in [0.1, 0.15) is 23.6 Å². The van der Waals surface area contributed by atoms with Gasteiger partial charge < -0.3 is 10.6 Å². The van der Waals surface area contributed by atoms with E-state index in [1.807, 2.05) is 0 Å². The van der Waals surface area contributed by atoms with Crippen LogP contribution in [-0.2, 0) is 17.4 Å². The first-order chi connectivity index (χ1) is 11.4. The molecule has 5 nitrogen and oxygen atoms in total. The van der Waals surface area contributed by atoms with Crippen LogP contribution >= 0.6 is 0 Å². The Morgan fingerprint density at radius 3 is 2.88 bits per heavy atom. The molecular formula is C16H17F3N4O. The summed E-state index contributed by atoms with van der Waals surface area (Å²) in [6.45, 7) is 1.09. The van der Waals surface area contributed by atoms with Gasteiger partial charge in [0.25, 0.3) is 0 Å². The summed E-state index contributed by atoms with van der Waals surface area (Å²) in [5, 5.41) is 10.1. The van der Waals surface area contributed by atoms with Crippen molar-refractivity contribution in [1.82, 2.24) is 15.1 Å². The van der Waals surface area contributed by atoms with Crippen LogP contribution in [-0.4, -0.2) is 28.8 Å². The van der Waals surface area contributed by atoms with Crippen LogP contribution in [0.5, 0.6) is 0 Å². The van der Waals surface area contributed by atoms with E-state index in [4.69, 9.17) is 0 Å². The van der Waals surface area contributed by atoms with Crippen molar-refractivity contribution in [2.45, 2.75) is 25.1 Å². The Bertz CT molecular complexity index is 726. The molecule has 1 amide bonds. The van der Waals surface area contributed by atoms with Crippen molar-refractivity contribution in [3.63, 3.8) is 0 Å². The summed E-state index contributed by atoms with van der Waals surface area (Å²) in [5.74, 6) is 0.551. The van der Waals surface area contributed by atoms with Crippen molar-refractivity contribution in [2.24, 2.45) is 0 Å². The second-order valence-corrected chi connectivity index (χ2v) is 5.65. The highest BCUT2D eigenvalue weighted by Gasteiger charge is 2.30. The number of nitrogens with zero attached hydrogens (tertiary/aromatic N) is 2. The first-order valence-electron chi connectivity index (χ1n) is 7.66. The predicted octanol–water partition coefficient (Wildman–Crippen LogP) is 2.62. The van der Waals surface area contributed by atoms with Gasteiger partial charge >= 0.3 is 6.18 Å². The van der Waals surface area contributed by atoms with Gasteiger partial charge in [0.15, 0.2) is 0 Å². The third-order valence-corrected chi connectivity index (χ3v) is 3.92. The quantitative estimate of drug-likeness (QED) is 0.881. The highest BCUT2D eigenvalue weighted by Crippen LogP contribution is 2.29. The lowest BCUT2D eigenvalue weighted by Gasteiger charge is -2.09. The maximum Gasteiger partial charge on any atom is 0.416 e. The first kappa shape index (κ1) is 16.4. The number of carbonyl (C=O) groups is 1. The molecule has 2 heterocycles. The fourth-order valence-electron chi connectivity index (χ4n) is 2.68. The minimum absolute atomic E-state index is 0.0476. The number of rotatable bonds is 5. The van der Waals surface area contributed by atoms with Crippen molar-refractivity contribution in [2.75, 3.05) is 18.4 Å². The Morgan fingerprint density at radius 1 is 1.33 bits per heavy atom. The summed E-state index contributed by atoms with van der Waals surface area (Å²) in [7, 11) is 0. The lowest BCUT2D eigenvalue weighted by Crippen LogP contribution is -2.22. The van der Waals surface area contributed by atoms with Crippen molar-refractivity contribution in [1.29, 1.82) is 0 Å². The molecule has 24 heavy (non-hydrogen) atoms. The fourth-order valence-corrected chi connectivity index (χ4v) is 2.68. The van der Waals surface area contributed by atoms with Gasteiger partial charge in [-0.1, -0.05) is 18.2 Å². The number of benzene rings is 1. The van der Waals surface area contributed by atoms with E-state index in [-0.39, 0.29) is 11.9 Å². The highest BCUT2D eigenvalue weighted by atomic mass is 19.4. The van der Waals surface area contributed by atoms with Gasteiger partial charge in [-0.15, -0.1) is 0 Å². The Labute approximate surface area is 136 Å². The highest BCUT2D eigenvalue weighted by molar-refractivity contribution is 5.82. The average Bonchev–Trinajstić information content (AvgIpc) is 3.15. The molecule has 1 fully saturated rings. The van der Waals surface area contributed by atoms with E-state index >= 15 is 0 Å². The van der Waals surface area contributed by atoms with Gasteiger partial charge in [0.05, 0.1) is 5.56 Å². The molecule has 128 valence electrons. The van der Waals surface area contributed by atoms with Crippen molar-refractivity contribution in [3.05, 3.63) is 47.7 Å². The summed E-state index contributed by atoms with van der Waals surface area (Å²) < 4.78 is 39.6. The van der Waals surface area contributed by atoms with E-state index in [0.29, 0.717) is 37.3 Å². The van der Waals surface area contributed by atoms with Crippen LogP contribution < -0.4 is 10.6 Å². The van der Waals surface area contributed by atoms with Crippen molar-refractivity contribution >= 4 is 11.7 Å². The second-order valence-electron chi connectivity index (χ2n) is 5.65. The van der Waals surface area contributed by atoms with Crippen molar-refractivity contribution < 1.29 is 18.0 Å². The molecule has 1 aliphatic rings. The SMILES string of the molecule is O=C1NCCC1n1ccc(NCCc2cccc(C(F)(F)F)c2)n1. The molecule has 1 aliphatic heterocycles. The number of nitrogens with one attached hydrogen (secondary N) is 2. The third kappa shape index (κ3) is 3.69. The summed E-state index contributed by atoms with van der Waals surface area (Å²) in [6, 6.07) is 6.75. The first-order valence-corrected chi connectivity index (χ1v) is 7.66. The molecule has 8 heteroatoms. The van der Waals surface area contributed by atoms with E-state index in [9.17, 15) is 18.0 Å². The zero-order chi connectivity index (χ0) is 17.2. The Balaban J connectivity index is 1.55. The lowest BCUT2D eigenvalue weighted by molar-refractivity contribution is -0.137. The molecule has 2 N–H and O–H groups in total. The Hall–Kier alpha value is -2.51. The van der Waals surface area contributed by atoms with E-state index in [1.54, 1.807) is 23.0 Å². The maximum absolute atomic E-state index is 12.7. The molecule has 0 bridgehead atoms. The molecule has 1 unspecified atom stereocenters. The third-order valence-electron chi connectivity index (χ3n) is 3.92. The average molecular weight is 338 g/mol. The summed E-state index contributed by atoms with van der Waals surface area (Å²) in [6.07, 6.45) is -1.46. The summed E-state index contributed by atoms with van der Waals surface area (Å²) in [5.41, 5.74) is -0.0385. The zero-order valence-electron chi connectivity index (χ0n) is 12.8. The molecule has 1 aromatic heterocycles. The largest absolute Gasteiger partial charge is 0.416 e. The lowest BCUT2D eigenvalue weighted by atomic mass is 10.1. The van der Waals surface area contributed by atoms with E-state index in [0.717, 1.165) is 12.1 Å². The second kappa shape index (κ2) is 6.54. The zero-order valence-corrected chi connectivity index (χ0v) is 12.8. The maximum atomic E-state index is 12.7. The number of amides is 1. The molecule has 0 spiro atoms. The minimum atomic E-state index is -4.33. The standard InChI is InChI=1S/C16H17F3N4O/c17-16(18,19)12-3-1-2-11(10-12)4-7-20-14-6-9-23(22-14)13-5-8-21-15(13)24/h1-3,6,9-10,13H,4-5,7-8H2,(H,20,22)(H,21,24). The summed E-state index contributed by atoms with van der Waals surface area (Å²) in [4.78, 5) is 11.6. The van der Waals surface area contributed by atoms with Gasteiger partial charge in [0, 0.05) is 25.4 Å². The number of anilines is 1. The van der Waals surface area contributed by atoms with Crippen LogP contribution in [0.3, 0.4) is 0 Å². The topological polar surface area (TPSA) is 59.0 Å². The number of halogens is 3. The smallest absolute Gasteiger partial charge is 0.368 e. The van der Waals surface area contributed by atoms with Gasteiger partial charge in [0.1, 0.15) is 11.9 Å². The van der Waals surface area contributed by atoms with Gasteiger partial charge in [-0.2, -0.15) is 18.3 Å². The van der Waals surface area contributed by atoms with Crippen LogP contribution in [0, 0.1) is 0 Å². The van der Waals surface area contributed by atoms with Crippen LogP contribution in [0.15, 0.2) is 36.5 Å².